The number of fused-ring (bicyclic) bond motifs is 4. The summed E-state index contributed by atoms with van der Waals surface area (Å²) in [5.74, 6) is -2.20. The number of hydrogen-bond acceptors (Lipinski definition) is 21. The molecule has 0 bridgehead atoms. The Kier molecular flexibility index (Phi) is 23.2. The van der Waals surface area contributed by atoms with Gasteiger partial charge in [-0.2, -0.15) is 13.5 Å². The molecule has 12 rings (SSSR count). The Balaban J connectivity index is 0.719. The molecule has 30 heteroatoms. The van der Waals surface area contributed by atoms with Gasteiger partial charge in [0.25, 0.3) is 21.8 Å². The van der Waals surface area contributed by atoms with Crippen LogP contribution in [0.25, 0.3) is 66.0 Å². The maximum atomic E-state index is 13.9. The van der Waals surface area contributed by atoms with Crippen LogP contribution in [-0.4, -0.2) is 88.4 Å². The number of rotatable bonds is 29. The zero-order chi connectivity index (χ0) is 70.3. The first kappa shape index (κ1) is 72.6. The van der Waals surface area contributed by atoms with E-state index in [1.165, 1.54) is 53.9 Å². The Morgan fingerprint density at radius 2 is 0.980 bits per heavy atom. The molecule has 0 radical (unpaired) electrons. The first-order valence-corrected chi connectivity index (χ1v) is 40.6. The summed E-state index contributed by atoms with van der Waals surface area (Å²) in [5.41, 5.74) is 7.57. The van der Waals surface area contributed by atoms with Crippen LogP contribution in [0.1, 0.15) is 69.3 Å². The highest BCUT2D eigenvalue weighted by atomic mass is 35.5. The number of benzene rings is 8. The van der Waals surface area contributed by atoms with Crippen LogP contribution in [0.4, 0.5) is 11.4 Å². The van der Waals surface area contributed by atoms with E-state index in [0.29, 0.717) is 60.9 Å². The van der Waals surface area contributed by atoms with Crippen molar-refractivity contribution in [1.82, 2.24) is 10.6 Å². The monoisotopic (exact) mass is 1530 g/mol. The maximum absolute atomic E-state index is 13.9. The number of amides is 2. The van der Waals surface area contributed by atoms with E-state index in [4.69, 9.17) is 23.2 Å². The number of thiazole rings is 2. The molecule has 2 aliphatic rings. The van der Waals surface area contributed by atoms with Crippen molar-refractivity contribution in [3.05, 3.63) is 211 Å². The zero-order valence-electron chi connectivity index (χ0n) is 52.7. The summed E-state index contributed by atoms with van der Waals surface area (Å²) in [7, 11) is -14.2. The number of aryl methyl sites for hydroxylation is 2. The topological polar surface area (TPSA) is 286 Å². The van der Waals surface area contributed by atoms with Gasteiger partial charge in [0.15, 0.2) is 13.1 Å². The van der Waals surface area contributed by atoms with E-state index in [-0.39, 0.29) is 66.2 Å². The lowest BCUT2D eigenvalue weighted by molar-refractivity contribution is -0.777. The highest BCUT2D eigenvalue weighted by molar-refractivity contribution is 8.04. The van der Waals surface area contributed by atoms with Crippen molar-refractivity contribution in [2.45, 2.75) is 71.2 Å². The van der Waals surface area contributed by atoms with Gasteiger partial charge in [0.1, 0.15) is 19.5 Å². The van der Waals surface area contributed by atoms with E-state index in [1.807, 2.05) is 101 Å². The third-order valence-corrected chi connectivity index (χ3v) is 24.5. The second-order valence-corrected chi connectivity index (χ2v) is 33.5. The Labute approximate surface area is 608 Å². The number of nitrogens with zero attached hydrogens (tertiary/aromatic N) is 4. The number of thioether (sulfide) groups is 2. The van der Waals surface area contributed by atoms with E-state index >= 15 is 0 Å². The van der Waals surface area contributed by atoms with Crippen LogP contribution in [0.2, 0.25) is 10.0 Å². The van der Waals surface area contributed by atoms with Crippen LogP contribution in [0.5, 0.6) is 0 Å². The highest BCUT2D eigenvalue weighted by Crippen LogP contribution is 2.50. The molecule has 4 heterocycles. The van der Waals surface area contributed by atoms with Crippen molar-refractivity contribution < 1.29 is 72.3 Å². The van der Waals surface area contributed by atoms with Crippen molar-refractivity contribution in [1.29, 1.82) is 0 Å². The van der Waals surface area contributed by atoms with Gasteiger partial charge < -0.3 is 39.3 Å². The number of unbranched alkanes of at least 4 members (excludes halogenated alkanes) is 2. The van der Waals surface area contributed by atoms with Gasteiger partial charge in [0, 0.05) is 104 Å². The molecule has 0 fully saturated rings. The molecule has 0 saturated heterocycles. The lowest BCUT2D eigenvalue weighted by atomic mass is 10.0. The number of carbonyl (C=O) groups is 2. The van der Waals surface area contributed by atoms with Crippen LogP contribution in [0.15, 0.2) is 199 Å². The minimum absolute atomic E-state index is 0.0400. The highest BCUT2D eigenvalue weighted by Gasteiger charge is 2.31. The van der Waals surface area contributed by atoms with Gasteiger partial charge in [-0.25, -0.2) is 25.3 Å². The number of nitrogens with one attached hydrogen (secondary N) is 2. The third-order valence-electron chi connectivity index (χ3n) is 16.5. The molecule has 518 valence electrons. The number of anilines is 2. The molecular weight excluding hydrogens is 1480 g/mol. The van der Waals surface area contributed by atoms with E-state index in [1.54, 1.807) is 34.8 Å². The summed E-state index contributed by atoms with van der Waals surface area (Å²) in [6.45, 7) is 1.96. The number of aromatic nitrogens is 2. The average molecular weight is 1540 g/mol. The molecule has 100 heavy (non-hydrogen) atoms. The molecule has 2 N–H and O–H groups in total. The SMILES string of the molecule is O=C(NCCCC[n+]1c(C=C2Sc3ccc(Cl)cc3N2CCCS(=O)(=O)[O-])sc2ccc(-c3ccccc3)cc21)c1ccc(-c2ccc(C(=O)NCCCC[n+]3c(C=C4Sc5ccc(Cl)cc5N4CCCS(=O)(=O)[O-])sc4ccc(-c5ccccc5)cc43)cc2S(=O)(=O)[O-])c(SOO[O-])c1. The van der Waals surface area contributed by atoms with Gasteiger partial charge in [0.2, 0.25) is 11.0 Å². The number of hydrogen-bond donors (Lipinski definition) is 2. The average Bonchev–Trinajstić information content (AvgIpc) is 1.49. The summed E-state index contributed by atoms with van der Waals surface area (Å²) in [5, 5.41) is 25.1. The lowest BCUT2D eigenvalue weighted by Gasteiger charge is -2.20. The summed E-state index contributed by atoms with van der Waals surface area (Å²) < 4.78 is 120. The van der Waals surface area contributed by atoms with Gasteiger partial charge in [-0.3, -0.25) is 14.6 Å². The second kappa shape index (κ2) is 32.0. The third kappa shape index (κ3) is 17.8. The van der Waals surface area contributed by atoms with Crippen LogP contribution in [0, 0.1) is 0 Å². The second-order valence-electron chi connectivity index (χ2n) is 23.2. The van der Waals surface area contributed by atoms with E-state index in [2.05, 4.69) is 71.6 Å². The molecule has 2 amide bonds. The summed E-state index contributed by atoms with van der Waals surface area (Å²) in [6.07, 6.45) is 6.49. The molecule has 0 saturated carbocycles. The van der Waals surface area contributed by atoms with Crippen molar-refractivity contribution in [2.24, 2.45) is 0 Å². The Hall–Kier alpha value is -7.20. The molecule has 8 aromatic carbocycles. The van der Waals surface area contributed by atoms with Gasteiger partial charge in [-0.05, 0) is 126 Å². The van der Waals surface area contributed by atoms with Crippen LogP contribution in [-0.2, 0) is 52.8 Å². The van der Waals surface area contributed by atoms with Gasteiger partial charge >= 0.3 is 0 Å². The van der Waals surface area contributed by atoms with E-state index in [0.717, 1.165) is 90.0 Å². The summed E-state index contributed by atoms with van der Waals surface area (Å²) in [4.78, 5) is 32.8. The number of halogens is 2. The fraction of sp³-hybridized carbons (Fsp3) is 0.200. The van der Waals surface area contributed by atoms with Crippen molar-refractivity contribution in [2.75, 3.05) is 47.5 Å². The predicted octanol–water partition coefficient (Wildman–Crippen LogP) is 13.2. The fourth-order valence-corrected chi connectivity index (χ4v) is 19.0. The number of carbonyl (C=O) groups excluding carboxylic acids is 2. The minimum Gasteiger partial charge on any atom is -0.748 e. The van der Waals surface area contributed by atoms with Crippen molar-refractivity contribution >= 4 is 168 Å². The molecular formula is C70H60Cl2N6O14S8-2. The first-order valence-electron chi connectivity index (χ1n) is 31.3. The molecule has 0 unspecified atom stereocenters. The van der Waals surface area contributed by atoms with Crippen LogP contribution < -0.4 is 34.8 Å². The standard InChI is InChI=1S/C70H62Cl2N6O14S8/c71-51-21-27-61-57(41-51)77(33-11-35-98(82,83)84)67(95-61)43-65-75(55-37-47(19-25-59(55)93-65)45-13-3-1-4-14-45)31-9-7-29-73-69(79)49-17-23-53(63(39-49)97-92-91-81)54-24-18-50(40-64(54)100(88,89)90)70(80)74-30-8-10-32-76-56-38-48(46-15-5-2-6-16-46)20-26-60(56)94-66(76)44-68-78(34-12-36-99(85,86)87)58-42-52(72)22-28-62(58)96-68/h1-6,13-28,37-44H,7-12,29-36H2,(H4-2,73,74,79,80,81,82,83,84,85,86,87,88,89,90)/p-2. The summed E-state index contributed by atoms with van der Waals surface area (Å²) >= 11 is 19.5. The lowest BCUT2D eigenvalue weighted by Crippen LogP contribution is -2.36. The fourth-order valence-electron chi connectivity index (χ4n) is 11.8. The molecule has 2 aromatic heterocycles. The largest absolute Gasteiger partial charge is 0.748 e. The predicted molar refractivity (Wildman–Crippen MR) is 390 cm³/mol. The molecule has 20 nitrogen and oxygen atoms in total. The summed E-state index contributed by atoms with van der Waals surface area (Å²) in [6, 6.07) is 51.3. The Morgan fingerprint density at radius 3 is 1.43 bits per heavy atom. The van der Waals surface area contributed by atoms with Gasteiger partial charge in [0.05, 0.1) is 70.8 Å². The molecule has 0 atom stereocenters. The normalized spacial score (nSPS) is 14.0. The maximum Gasteiger partial charge on any atom is 0.265 e. The van der Waals surface area contributed by atoms with E-state index in [9.17, 15) is 53.8 Å². The zero-order valence-corrected chi connectivity index (χ0v) is 60.8. The smallest absolute Gasteiger partial charge is 0.265 e. The van der Waals surface area contributed by atoms with Crippen molar-refractivity contribution in [3.63, 3.8) is 0 Å². The van der Waals surface area contributed by atoms with E-state index < -0.39 is 58.6 Å². The van der Waals surface area contributed by atoms with Crippen LogP contribution in [0.3, 0.4) is 0 Å². The molecule has 0 aliphatic carbocycles. The first-order chi connectivity index (χ1) is 48.0. The van der Waals surface area contributed by atoms with Crippen molar-refractivity contribution in [3.8, 4) is 33.4 Å². The Morgan fingerprint density at radius 1 is 0.520 bits per heavy atom. The molecule has 0 spiro atoms. The molecule has 2 aliphatic heterocycles. The quantitative estimate of drug-likeness (QED) is 0.0110. The van der Waals surface area contributed by atoms with Gasteiger partial charge in [-0.15, -0.1) is 0 Å². The minimum atomic E-state index is -5.28. The van der Waals surface area contributed by atoms with Gasteiger partial charge in [-0.1, -0.05) is 154 Å². The Bertz CT molecular complexity index is 5180. The molecule has 10 aromatic rings. The van der Waals surface area contributed by atoms with Crippen LogP contribution >= 0.6 is 81.4 Å².